The summed E-state index contributed by atoms with van der Waals surface area (Å²) in [5.74, 6) is 0.826. The van der Waals surface area contributed by atoms with Gasteiger partial charge in [-0.05, 0) is 31.0 Å². The molecule has 1 aliphatic rings. The summed E-state index contributed by atoms with van der Waals surface area (Å²) >= 11 is 0. The zero-order valence-corrected chi connectivity index (χ0v) is 16.1. The van der Waals surface area contributed by atoms with Gasteiger partial charge in [-0.15, -0.1) is 0 Å². The number of carbonyl (C=O) groups excluding carboxylic acids is 1. The van der Waals surface area contributed by atoms with E-state index < -0.39 is 5.97 Å². The Kier molecular flexibility index (Phi) is 5.56. The summed E-state index contributed by atoms with van der Waals surface area (Å²) < 4.78 is 21.6. The third-order valence-corrected chi connectivity index (χ3v) is 4.85. The van der Waals surface area contributed by atoms with Crippen LogP contribution in [0.2, 0.25) is 0 Å². The third-order valence-electron chi connectivity index (χ3n) is 4.85. The number of methoxy groups -OCH3 is 3. The minimum Gasteiger partial charge on any atom is -0.493 e. The number of hydrogen-bond donors (Lipinski definition) is 1. The normalized spacial score (nSPS) is 21.1. The Balaban J connectivity index is 1.79. The van der Waals surface area contributed by atoms with Gasteiger partial charge in [0.2, 0.25) is 5.75 Å². The van der Waals surface area contributed by atoms with Gasteiger partial charge in [0.15, 0.2) is 11.5 Å². The van der Waals surface area contributed by atoms with E-state index >= 15 is 0 Å². The highest BCUT2D eigenvalue weighted by molar-refractivity contribution is 5.91. The van der Waals surface area contributed by atoms with Crippen molar-refractivity contribution in [1.29, 1.82) is 0 Å². The van der Waals surface area contributed by atoms with E-state index in [1.807, 2.05) is 30.3 Å². The fourth-order valence-electron chi connectivity index (χ4n) is 3.59. The number of rotatable bonds is 7. The fourth-order valence-corrected chi connectivity index (χ4v) is 3.59. The quantitative estimate of drug-likeness (QED) is 0.755. The van der Waals surface area contributed by atoms with Gasteiger partial charge in [-0.1, -0.05) is 30.3 Å². The standard InChI is InChI=1S/C21H25NO5/c1-14-12-21(22-14,16-8-6-5-7-9-16)13-27-20(23)15-10-17(24-2)19(26-4)18(11-15)25-3/h5-11,14,22H,12-13H2,1-4H3. The average Bonchev–Trinajstić information content (AvgIpc) is 2.69. The van der Waals surface area contributed by atoms with Crippen LogP contribution in [0.15, 0.2) is 42.5 Å². The third kappa shape index (κ3) is 3.71. The second-order valence-electron chi connectivity index (χ2n) is 6.69. The minimum absolute atomic E-state index is 0.247. The summed E-state index contributed by atoms with van der Waals surface area (Å²) in [5.41, 5.74) is 1.11. The predicted molar refractivity (Wildman–Crippen MR) is 102 cm³/mol. The smallest absolute Gasteiger partial charge is 0.338 e. The first-order chi connectivity index (χ1) is 13.0. The number of ether oxygens (including phenoxy) is 4. The van der Waals surface area contributed by atoms with Gasteiger partial charge in [0.25, 0.3) is 0 Å². The number of carbonyl (C=O) groups is 1. The van der Waals surface area contributed by atoms with E-state index in [-0.39, 0.29) is 12.1 Å². The monoisotopic (exact) mass is 371 g/mol. The SMILES string of the molecule is COc1cc(C(=O)OCC2(c3ccccc3)CC(C)N2)cc(OC)c1OC. The Morgan fingerprint density at radius 1 is 1.07 bits per heavy atom. The first-order valence-corrected chi connectivity index (χ1v) is 8.83. The number of benzene rings is 2. The molecule has 1 N–H and O–H groups in total. The molecule has 0 saturated carbocycles. The molecule has 2 aromatic carbocycles. The highest BCUT2D eigenvalue weighted by Gasteiger charge is 2.44. The van der Waals surface area contributed by atoms with Gasteiger partial charge in [-0.2, -0.15) is 0 Å². The van der Waals surface area contributed by atoms with Gasteiger partial charge in [0.05, 0.1) is 32.4 Å². The molecule has 0 bridgehead atoms. The van der Waals surface area contributed by atoms with E-state index in [1.54, 1.807) is 12.1 Å². The zero-order chi connectivity index (χ0) is 19.4. The first kappa shape index (κ1) is 19.0. The summed E-state index contributed by atoms with van der Waals surface area (Å²) in [6.07, 6.45) is 0.902. The van der Waals surface area contributed by atoms with Gasteiger partial charge in [-0.25, -0.2) is 4.79 Å². The summed E-state index contributed by atoms with van der Waals surface area (Å²) in [7, 11) is 4.54. The molecule has 6 heteroatoms. The van der Waals surface area contributed by atoms with Gasteiger partial charge in [0.1, 0.15) is 6.61 Å². The van der Waals surface area contributed by atoms with Crippen molar-refractivity contribution in [2.75, 3.05) is 27.9 Å². The molecule has 6 nitrogen and oxygen atoms in total. The predicted octanol–water partition coefficient (Wildman–Crippen LogP) is 3.15. The lowest BCUT2D eigenvalue weighted by Gasteiger charge is -2.48. The average molecular weight is 371 g/mol. The summed E-state index contributed by atoms with van der Waals surface area (Å²) in [6, 6.07) is 13.6. The van der Waals surface area contributed by atoms with Crippen LogP contribution in [0.4, 0.5) is 0 Å². The van der Waals surface area contributed by atoms with Crippen LogP contribution in [0.1, 0.15) is 29.3 Å². The zero-order valence-electron chi connectivity index (χ0n) is 16.1. The van der Waals surface area contributed by atoms with Crippen molar-refractivity contribution in [1.82, 2.24) is 5.32 Å². The van der Waals surface area contributed by atoms with E-state index in [0.29, 0.717) is 28.9 Å². The lowest BCUT2D eigenvalue weighted by atomic mass is 9.77. The highest BCUT2D eigenvalue weighted by atomic mass is 16.5. The van der Waals surface area contributed by atoms with Gasteiger partial charge in [-0.3, -0.25) is 0 Å². The van der Waals surface area contributed by atoms with Crippen molar-refractivity contribution in [2.45, 2.75) is 24.9 Å². The van der Waals surface area contributed by atoms with E-state index in [9.17, 15) is 4.79 Å². The Hall–Kier alpha value is -2.73. The molecule has 0 spiro atoms. The topological polar surface area (TPSA) is 66.0 Å². The molecule has 2 aromatic rings. The van der Waals surface area contributed by atoms with Crippen LogP contribution in [0.3, 0.4) is 0 Å². The number of esters is 1. The van der Waals surface area contributed by atoms with Crippen LogP contribution in [-0.4, -0.2) is 39.9 Å². The van der Waals surface area contributed by atoms with Crippen molar-refractivity contribution in [3.63, 3.8) is 0 Å². The molecule has 0 amide bonds. The Labute approximate surface area is 159 Å². The van der Waals surface area contributed by atoms with Crippen molar-refractivity contribution >= 4 is 5.97 Å². The number of nitrogens with one attached hydrogen (secondary N) is 1. The highest BCUT2D eigenvalue weighted by Crippen LogP contribution is 2.39. The maximum atomic E-state index is 12.7. The van der Waals surface area contributed by atoms with E-state index in [0.717, 1.165) is 12.0 Å². The molecule has 1 fully saturated rings. The van der Waals surface area contributed by atoms with Gasteiger partial charge in [0, 0.05) is 6.04 Å². The molecule has 0 aliphatic carbocycles. The van der Waals surface area contributed by atoms with E-state index in [4.69, 9.17) is 18.9 Å². The second-order valence-corrected chi connectivity index (χ2v) is 6.69. The molecule has 3 rings (SSSR count). The van der Waals surface area contributed by atoms with Gasteiger partial charge < -0.3 is 24.3 Å². The van der Waals surface area contributed by atoms with E-state index in [1.165, 1.54) is 21.3 Å². The van der Waals surface area contributed by atoms with Crippen LogP contribution in [0.5, 0.6) is 17.2 Å². The molecule has 2 unspecified atom stereocenters. The molecule has 1 aliphatic heterocycles. The molecule has 0 aromatic heterocycles. The van der Waals surface area contributed by atoms with Crippen molar-refractivity contribution < 1.29 is 23.7 Å². The molecule has 144 valence electrons. The molecular formula is C21H25NO5. The van der Waals surface area contributed by atoms with Crippen LogP contribution < -0.4 is 19.5 Å². The second kappa shape index (κ2) is 7.88. The van der Waals surface area contributed by atoms with Gasteiger partial charge >= 0.3 is 5.97 Å². The summed E-state index contributed by atoms with van der Waals surface area (Å²) in [5, 5.41) is 3.50. The Bertz CT molecular complexity index is 774. The van der Waals surface area contributed by atoms with E-state index in [2.05, 4.69) is 12.2 Å². The first-order valence-electron chi connectivity index (χ1n) is 8.83. The molecule has 1 saturated heterocycles. The van der Waals surface area contributed by atoms with Crippen LogP contribution in [0.25, 0.3) is 0 Å². The van der Waals surface area contributed by atoms with Crippen molar-refractivity contribution in [3.8, 4) is 17.2 Å². The molecule has 2 atom stereocenters. The lowest BCUT2D eigenvalue weighted by molar-refractivity contribution is 0.0130. The summed E-state index contributed by atoms with van der Waals surface area (Å²) in [6.45, 7) is 2.36. The molecule has 27 heavy (non-hydrogen) atoms. The summed E-state index contributed by atoms with van der Waals surface area (Å²) in [4.78, 5) is 12.7. The fraction of sp³-hybridized carbons (Fsp3) is 0.381. The van der Waals surface area contributed by atoms with Crippen LogP contribution in [0, 0.1) is 0 Å². The molecular weight excluding hydrogens is 346 g/mol. The molecule has 1 heterocycles. The van der Waals surface area contributed by atoms with Crippen LogP contribution in [-0.2, 0) is 10.3 Å². The maximum Gasteiger partial charge on any atom is 0.338 e. The van der Waals surface area contributed by atoms with Crippen molar-refractivity contribution in [3.05, 3.63) is 53.6 Å². The molecule has 0 radical (unpaired) electrons. The number of hydrogen-bond acceptors (Lipinski definition) is 6. The Morgan fingerprint density at radius 2 is 1.67 bits per heavy atom. The lowest BCUT2D eigenvalue weighted by Crippen LogP contribution is -2.62. The Morgan fingerprint density at radius 3 is 2.15 bits per heavy atom. The minimum atomic E-state index is -0.439. The van der Waals surface area contributed by atoms with Crippen molar-refractivity contribution in [2.24, 2.45) is 0 Å². The largest absolute Gasteiger partial charge is 0.493 e. The van der Waals surface area contributed by atoms with Crippen LogP contribution >= 0.6 is 0 Å². The maximum absolute atomic E-state index is 12.7.